The van der Waals surface area contributed by atoms with Crippen molar-refractivity contribution in [2.45, 2.75) is 0 Å². The first kappa shape index (κ1) is 8.72. The van der Waals surface area contributed by atoms with Crippen LogP contribution in [0.1, 0.15) is 0 Å². The average molecular weight is 142 g/mol. The molecule has 0 aliphatic rings. The van der Waals surface area contributed by atoms with E-state index in [0.29, 0.717) is 0 Å². The van der Waals surface area contributed by atoms with Crippen LogP contribution in [0, 0.1) is 0 Å². The van der Waals surface area contributed by atoms with Crippen molar-refractivity contribution in [3.05, 3.63) is 0 Å². The molecular formula is C2H6O7. The normalized spacial score (nSPS) is 10.0. The maximum atomic E-state index is 7.60. The van der Waals surface area contributed by atoms with Crippen LogP contribution in [0.15, 0.2) is 0 Å². The van der Waals surface area contributed by atoms with E-state index in [9.17, 15) is 0 Å². The Hall–Kier alpha value is -0.280. The third kappa shape index (κ3) is 7.72. The molecule has 0 fully saturated rings. The van der Waals surface area contributed by atoms with Gasteiger partial charge in [-0.1, -0.05) is 5.04 Å². The van der Waals surface area contributed by atoms with Crippen LogP contribution in [0.2, 0.25) is 0 Å². The molecule has 0 aliphatic heterocycles. The molecule has 7 nitrogen and oxygen atoms in total. The third-order valence-electron chi connectivity index (χ3n) is 0.333. The highest BCUT2D eigenvalue weighted by Gasteiger charge is 1.86. The molecule has 0 unspecified atom stereocenters. The fourth-order valence-corrected chi connectivity index (χ4v) is 0.131. The van der Waals surface area contributed by atoms with Crippen LogP contribution in [-0.4, -0.2) is 24.1 Å². The van der Waals surface area contributed by atoms with Crippen LogP contribution in [0.4, 0.5) is 0 Å². The average Bonchev–Trinajstić information content (AvgIpc) is 1.89. The highest BCUT2D eigenvalue weighted by Crippen LogP contribution is 1.79. The quantitative estimate of drug-likeness (QED) is 0.229. The van der Waals surface area contributed by atoms with E-state index in [1.165, 1.54) is 0 Å². The van der Waals surface area contributed by atoms with Gasteiger partial charge >= 0.3 is 0 Å². The van der Waals surface area contributed by atoms with Gasteiger partial charge < -0.3 is 0 Å². The van der Waals surface area contributed by atoms with Crippen LogP contribution in [0.5, 0.6) is 0 Å². The molecule has 0 amide bonds. The molecule has 56 valence electrons. The maximum absolute atomic E-state index is 7.60. The first-order valence-corrected chi connectivity index (χ1v) is 1.85. The minimum Gasteiger partial charge on any atom is -0.249 e. The van der Waals surface area contributed by atoms with Crippen molar-refractivity contribution in [1.82, 2.24) is 0 Å². The summed E-state index contributed by atoms with van der Waals surface area (Å²) in [6, 6.07) is 0. The summed E-state index contributed by atoms with van der Waals surface area (Å²) in [7, 11) is 0. The Kier molecular flexibility index (Phi) is 7.48. The lowest BCUT2D eigenvalue weighted by Crippen LogP contribution is -2.02. The maximum Gasteiger partial charge on any atom is 0.217 e. The zero-order chi connectivity index (χ0) is 6.95. The van der Waals surface area contributed by atoms with E-state index in [4.69, 9.17) is 10.5 Å². The first-order valence-electron chi connectivity index (χ1n) is 1.85. The van der Waals surface area contributed by atoms with E-state index < -0.39 is 13.6 Å². The van der Waals surface area contributed by atoms with Crippen molar-refractivity contribution in [3.8, 4) is 0 Å². The molecule has 0 aromatic carbocycles. The topological polar surface area (TPSA) is 86.6 Å². The minimum atomic E-state index is -0.450. The predicted octanol–water partition coefficient (Wildman–Crippen LogP) is -0.240. The van der Waals surface area contributed by atoms with Gasteiger partial charge in [-0.2, -0.15) is 4.89 Å². The molecule has 0 aromatic rings. The third-order valence-corrected chi connectivity index (χ3v) is 0.333. The van der Waals surface area contributed by atoms with Crippen LogP contribution in [-0.2, 0) is 24.6 Å². The lowest BCUT2D eigenvalue weighted by molar-refractivity contribution is -0.539. The summed E-state index contributed by atoms with van der Waals surface area (Å²) in [5, 5.41) is 18.2. The fourth-order valence-electron chi connectivity index (χ4n) is 0.131. The van der Waals surface area contributed by atoms with Crippen molar-refractivity contribution >= 4 is 0 Å². The number of hydrogen-bond donors (Lipinski definition) is 2. The molecule has 0 rings (SSSR count). The van der Waals surface area contributed by atoms with Crippen molar-refractivity contribution in [2.75, 3.05) is 13.6 Å². The van der Waals surface area contributed by atoms with Crippen LogP contribution >= 0.6 is 0 Å². The minimum absolute atomic E-state index is 0.431. The van der Waals surface area contributed by atoms with Crippen LogP contribution < -0.4 is 0 Å². The zero-order valence-corrected chi connectivity index (χ0v) is 4.35. The Balaban J connectivity index is 2.60. The summed E-state index contributed by atoms with van der Waals surface area (Å²) < 4.78 is 0. The van der Waals surface area contributed by atoms with Crippen molar-refractivity contribution in [3.63, 3.8) is 0 Å². The van der Waals surface area contributed by atoms with Gasteiger partial charge in [0, 0.05) is 0 Å². The monoisotopic (exact) mass is 142 g/mol. The largest absolute Gasteiger partial charge is 0.249 e. The van der Waals surface area contributed by atoms with E-state index >= 15 is 0 Å². The van der Waals surface area contributed by atoms with Gasteiger partial charge in [-0.05, 0) is 0 Å². The molecular weight excluding hydrogens is 136 g/mol. The van der Waals surface area contributed by atoms with Gasteiger partial charge in [0.25, 0.3) is 0 Å². The molecule has 0 atom stereocenters. The van der Waals surface area contributed by atoms with Crippen LogP contribution in [0.25, 0.3) is 0 Å². The summed E-state index contributed by atoms with van der Waals surface area (Å²) in [5.74, 6) is 0. The first-order chi connectivity index (χ1) is 4.41. The molecule has 0 bridgehead atoms. The molecule has 0 saturated heterocycles. The number of hydrogen-bond acceptors (Lipinski definition) is 7. The molecule has 0 aliphatic carbocycles. The summed E-state index contributed by atoms with van der Waals surface area (Å²) in [5.41, 5.74) is 0. The summed E-state index contributed by atoms with van der Waals surface area (Å²) >= 11 is 0. The fraction of sp³-hybridized carbons (Fsp3) is 1.00. The Morgan fingerprint density at radius 2 is 1.56 bits per heavy atom. The summed E-state index contributed by atoms with van der Waals surface area (Å²) in [4.78, 5) is 15.2. The van der Waals surface area contributed by atoms with Gasteiger partial charge in [0.15, 0.2) is 0 Å². The van der Waals surface area contributed by atoms with Gasteiger partial charge in [-0.3, -0.25) is 0 Å². The molecule has 9 heavy (non-hydrogen) atoms. The van der Waals surface area contributed by atoms with E-state index in [-0.39, 0.29) is 0 Å². The Bertz CT molecular complexity index is 40.2. The lowest BCUT2D eigenvalue weighted by Gasteiger charge is -1.97. The van der Waals surface area contributed by atoms with Gasteiger partial charge in [-0.15, -0.1) is 0 Å². The van der Waals surface area contributed by atoms with E-state index in [1.54, 1.807) is 0 Å². The molecule has 0 heterocycles. The second-order valence-electron chi connectivity index (χ2n) is 0.793. The second kappa shape index (κ2) is 7.72. The Morgan fingerprint density at radius 3 is 2.11 bits per heavy atom. The van der Waals surface area contributed by atoms with Gasteiger partial charge in [0.05, 0.1) is 0 Å². The highest BCUT2D eigenvalue weighted by molar-refractivity contribution is 3.78. The summed E-state index contributed by atoms with van der Waals surface area (Å²) in [6.45, 7) is -0.880. The summed E-state index contributed by atoms with van der Waals surface area (Å²) in [6.07, 6.45) is 0. The smallest absolute Gasteiger partial charge is 0.217 e. The second-order valence-corrected chi connectivity index (χ2v) is 0.793. The van der Waals surface area contributed by atoms with E-state index in [0.717, 1.165) is 0 Å². The molecule has 0 radical (unpaired) electrons. The van der Waals surface area contributed by atoms with Crippen molar-refractivity contribution in [2.24, 2.45) is 0 Å². The Morgan fingerprint density at radius 1 is 0.889 bits per heavy atom. The molecule has 2 N–H and O–H groups in total. The molecule has 0 saturated carbocycles. The van der Waals surface area contributed by atoms with E-state index in [1.807, 2.05) is 0 Å². The predicted molar refractivity (Wildman–Crippen MR) is 20.4 cm³/mol. The molecule has 0 spiro atoms. The molecule has 0 aromatic heterocycles. The van der Waals surface area contributed by atoms with Crippen LogP contribution in [0.3, 0.4) is 0 Å². The SMILES string of the molecule is OOCOOCOOO. The van der Waals surface area contributed by atoms with Gasteiger partial charge in [0.1, 0.15) is 0 Å². The molecule has 7 heteroatoms. The van der Waals surface area contributed by atoms with Gasteiger partial charge in [-0.25, -0.2) is 25.2 Å². The zero-order valence-electron chi connectivity index (χ0n) is 4.35. The van der Waals surface area contributed by atoms with Crippen molar-refractivity contribution < 1.29 is 35.1 Å². The standard InChI is InChI=1S/C2H6O7/c3-5-1-6-7-2-8-9-4/h3-4H,1-2H2. The van der Waals surface area contributed by atoms with Gasteiger partial charge in [0.2, 0.25) is 13.6 Å². The van der Waals surface area contributed by atoms with E-state index in [2.05, 4.69) is 24.6 Å². The Labute approximate surface area is 50.0 Å². The number of rotatable bonds is 6. The lowest BCUT2D eigenvalue weighted by atomic mass is 11.5. The van der Waals surface area contributed by atoms with Crippen molar-refractivity contribution in [1.29, 1.82) is 0 Å². The highest BCUT2D eigenvalue weighted by atomic mass is 17.5.